The summed E-state index contributed by atoms with van der Waals surface area (Å²) in [6, 6.07) is 7.54. The highest BCUT2D eigenvalue weighted by atomic mass is 16.8. The van der Waals surface area contributed by atoms with Gasteiger partial charge in [-0.3, -0.25) is 4.79 Å². The van der Waals surface area contributed by atoms with E-state index in [4.69, 9.17) is 9.57 Å². The third-order valence-corrected chi connectivity index (χ3v) is 3.68. The zero-order valence-electron chi connectivity index (χ0n) is 12.8. The van der Waals surface area contributed by atoms with E-state index < -0.39 is 0 Å². The lowest BCUT2D eigenvalue weighted by molar-refractivity contribution is -0.186. The highest BCUT2D eigenvalue weighted by Crippen LogP contribution is 2.16. The van der Waals surface area contributed by atoms with Crippen LogP contribution in [0.5, 0.6) is 0 Å². The van der Waals surface area contributed by atoms with Crippen molar-refractivity contribution in [3.63, 3.8) is 0 Å². The molecule has 1 saturated heterocycles. The van der Waals surface area contributed by atoms with Crippen molar-refractivity contribution in [1.29, 1.82) is 0 Å². The number of carbonyl (C=O) groups is 1. The molecule has 0 spiro atoms. The number of carbonyl (C=O) groups excluding carboxylic acids is 1. The summed E-state index contributed by atoms with van der Waals surface area (Å²) in [4.78, 5) is 19.5. The van der Waals surface area contributed by atoms with Crippen molar-refractivity contribution in [3.8, 4) is 0 Å². The monoisotopic (exact) mass is 292 g/mol. The SMILES string of the molecule is CCN(CC)c1ccc(C(=O)NO[C@H]2CCCCO2)cc1. The van der Waals surface area contributed by atoms with Gasteiger partial charge >= 0.3 is 0 Å². The third kappa shape index (κ3) is 4.44. The molecule has 0 unspecified atom stereocenters. The maximum absolute atomic E-state index is 12.0. The van der Waals surface area contributed by atoms with Crippen LogP contribution in [0.15, 0.2) is 24.3 Å². The number of nitrogens with one attached hydrogen (secondary N) is 1. The average molecular weight is 292 g/mol. The molecule has 0 radical (unpaired) electrons. The summed E-state index contributed by atoms with van der Waals surface area (Å²) in [5, 5.41) is 0. The Morgan fingerprint density at radius 2 is 2.00 bits per heavy atom. The average Bonchev–Trinajstić information content (AvgIpc) is 2.55. The van der Waals surface area contributed by atoms with Crippen molar-refractivity contribution < 1.29 is 14.4 Å². The first-order valence-corrected chi connectivity index (χ1v) is 7.67. The minimum atomic E-state index is -0.322. The number of hydroxylamine groups is 1. The maximum Gasteiger partial charge on any atom is 0.274 e. The molecule has 5 heteroatoms. The topological polar surface area (TPSA) is 50.8 Å². The first kappa shape index (κ1) is 15.8. The van der Waals surface area contributed by atoms with Crippen LogP contribution in [0.25, 0.3) is 0 Å². The Morgan fingerprint density at radius 3 is 2.57 bits per heavy atom. The Kier molecular flexibility index (Phi) is 6.02. The smallest absolute Gasteiger partial charge is 0.274 e. The summed E-state index contributed by atoms with van der Waals surface area (Å²) >= 11 is 0. The number of hydrogen-bond donors (Lipinski definition) is 1. The van der Waals surface area contributed by atoms with Gasteiger partial charge in [-0.2, -0.15) is 0 Å². The van der Waals surface area contributed by atoms with E-state index in [1.165, 1.54) is 0 Å². The van der Waals surface area contributed by atoms with Gasteiger partial charge in [-0.15, -0.1) is 0 Å². The number of hydrogen-bond acceptors (Lipinski definition) is 4. The minimum absolute atomic E-state index is 0.240. The number of amides is 1. The molecule has 0 bridgehead atoms. The van der Waals surface area contributed by atoms with Gasteiger partial charge in [0.1, 0.15) is 0 Å². The number of benzene rings is 1. The first-order chi connectivity index (χ1) is 10.2. The van der Waals surface area contributed by atoms with Gasteiger partial charge in [0.2, 0.25) is 0 Å². The van der Waals surface area contributed by atoms with Crippen molar-refractivity contribution in [2.45, 2.75) is 39.4 Å². The van der Waals surface area contributed by atoms with Gasteiger partial charge in [0.15, 0.2) is 6.29 Å². The number of nitrogens with zero attached hydrogens (tertiary/aromatic N) is 1. The molecule has 0 saturated carbocycles. The molecule has 116 valence electrons. The van der Waals surface area contributed by atoms with E-state index in [0.29, 0.717) is 12.2 Å². The Labute approximate surface area is 126 Å². The summed E-state index contributed by atoms with van der Waals surface area (Å²) in [5.74, 6) is -0.240. The highest BCUT2D eigenvalue weighted by Gasteiger charge is 2.16. The van der Waals surface area contributed by atoms with E-state index in [1.807, 2.05) is 24.3 Å². The predicted octanol–water partition coefficient (Wildman–Crippen LogP) is 2.72. The number of anilines is 1. The molecule has 1 fully saturated rings. The summed E-state index contributed by atoms with van der Waals surface area (Å²) in [6.45, 7) is 6.82. The second-order valence-electron chi connectivity index (χ2n) is 5.06. The molecule has 1 aromatic rings. The van der Waals surface area contributed by atoms with Gasteiger partial charge in [-0.25, -0.2) is 10.3 Å². The molecule has 1 heterocycles. The molecule has 1 aliphatic rings. The van der Waals surface area contributed by atoms with E-state index in [1.54, 1.807) is 0 Å². The molecule has 0 aliphatic carbocycles. The lowest BCUT2D eigenvalue weighted by Crippen LogP contribution is -2.33. The summed E-state index contributed by atoms with van der Waals surface area (Å²) < 4.78 is 5.40. The second kappa shape index (κ2) is 8.00. The van der Waals surface area contributed by atoms with E-state index in [-0.39, 0.29) is 12.2 Å². The van der Waals surface area contributed by atoms with Gasteiger partial charge < -0.3 is 9.64 Å². The normalized spacial score (nSPS) is 18.3. The quantitative estimate of drug-likeness (QED) is 0.819. The van der Waals surface area contributed by atoms with Gasteiger partial charge in [0.25, 0.3) is 5.91 Å². The summed E-state index contributed by atoms with van der Waals surface area (Å²) in [5.41, 5.74) is 4.17. The van der Waals surface area contributed by atoms with Gasteiger partial charge in [0.05, 0.1) is 0 Å². The molecule has 1 N–H and O–H groups in total. The minimum Gasteiger partial charge on any atom is -0.372 e. The molecular formula is C16H24N2O3. The molecule has 2 rings (SSSR count). The van der Waals surface area contributed by atoms with Crippen LogP contribution < -0.4 is 10.4 Å². The van der Waals surface area contributed by atoms with Crippen LogP contribution in [-0.2, 0) is 9.57 Å². The zero-order chi connectivity index (χ0) is 15.1. The first-order valence-electron chi connectivity index (χ1n) is 7.67. The molecule has 0 aromatic heterocycles. The van der Waals surface area contributed by atoms with Crippen molar-refractivity contribution in [1.82, 2.24) is 5.48 Å². The molecule has 1 aromatic carbocycles. The van der Waals surface area contributed by atoms with Crippen LogP contribution in [0, 0.1) is 0 Å². The van der Waals surface area contributed by atoms with Crippen LogP contribution in [-0.4, -0.2) is 31.9 Å². The van der Waals surface area contributed by atoms with Crippen LogP contribution in [0.4, 0.5) is 5.69 Å². The largest absolute Gasteiger partial charge is 0.372 e. The Bertz CT molecular complexity index is 437. The van der Waals surface area contributed by atoms with Crippen LogP contribution in [0.1, 0.15) is 43.5 Å². The van der Waals surface area contributed by atoms with Crippen LogP contribution in [0.3, 0.4) is 0 Å². The number of rotatable bonds is 6. The third-order valence-electron chi connectivity index (χ3n) is 3.68. The highest BCUT2D eigenvalue weighted by molar-refractivity contribution is 5.93. The summed E-state index contributed by atoms with van der Waals surface area (Å²) in [6.07, 6.45) is 2.62. The molecule has 1 aliphatic heterocycles. The van der Waals surface area contributed by atoms with E-state index in [9.17, 15) is 4.79 Å². The van der Waals surface area contributed by atoms with Gasteiger partial charge in [-0.05, 0) is 51.0 Å². The van der Waals surface area contributed by atoms with Crippen molar-refractivity contribution in [2.24, 2.45) is 0 Å². The van der Waals surface area contributed by atoms with Crippen LogP contribution >= 0.6 is 0 Å². The lowest BCUT2D eigenvalue weighted by atomic mass is 10.2. The fourth-order valence-corrected chi connectivity index (χ4v) is 2.39. The van der Waals surface area contributed by atoms with E-state index in [2.05, 4.69) is 24.2 Å². The fraction of sp³-hybridized carbons (Fsp3) is 0.562. The molecule has 1 amide bonds. The molecule has 5 nitrogen and oxygen atoms in total. The molecular weight excluding hydrogens is 268 g/mol. The predicted molar refractivity (Wildman–Crippen MR) is 82.1 cm³/mol. The van der Waals surface area contributed by atoms with Crippen molar-refractivity contribution in [2.75, 3.05) is 24.6 Å². The second-order valence-corrected chi connectivity index (χ2v) is 5.06. The Morgan fingerprint density at radius 1 is 1.29 bits per heavy atom. The van der Waals surface area contributed by atoms with Crippen molar-refractivity contribution in [3.05, 3.63) is 29.8 Å². The van der Waals surface area contributed by atoms with Gasteiger partial charge in [0, 0.05) is 37.4 Å². The zero-order valence-corrected chi connectivity index (χ0v) is 12.8. The van der Waals surface area contributed by atoms with E-state index >= 15 is 0 Å². The Hall–Kier alpha value is -1.59. The summed E-state index contributed by atoms with van der Waals surface area (Å²) in [7, 11) is 0. The molecule has 21 heavy (non-hydrogen) atoms. The maximum atomic E-state index is 12.0. The van der Waals surface area contributed by atoms with Gasteiger partial charge in [-0.1, -0.05) is 0 Å². The standard InChI is InChI=1S/C16H24N2O3/c1-3-18(4-2)14-10-8-13(9-11-14)16(19)17-21-15-7-5-6-12-20-15/h8-11,15H,3-7,12H2,1-2H3,(H,17,19)/t15-/m0/s1. The fourth-order valence-electron chi connectivity index (χ4n) is 2.39. The van der Waals surface area contributed by atoms with Crippen molar-refractivity contribution >= 4 is 11.6 Å². The van der Waals surface area contributed by atoms with Crippen LogP contribution in [0.2, 0.25) is 0 Å². The number of ether oxygens (including phenoxy) is 1. The van der Waals surface area contributed by atoms with E-state index in [0.717, 1.165) is 38.0 Å². The molecule has 1 atom stereocenters. The lowest BCUT2D eigenvalue weighted by Gasteiger charge is -2.22. The Balaban J connectivity index is 1.87.